The molecule has 2 heterocycles. The zero-order chi connectivity index (χ0) is 19.5. The number of hydrogen-bond acceptors (Lipinski definition) is 7. The molecule has 1 aliphatic heterocycles. The third-order valence-corrected chi connectivity index (χ3v) is 5.11. The molecule has 0 saturated heterocycles. The molecule has 4 rings (SSSR count). The molecular weight excluding hydrogens is 383 g/mol. The second-order valence-corrected chi connectivity index (χ2v) is 7.40. The van der Waals surface area contributed by atoms with E-state index in [4.69, 9.17) is 18.6 Å². The fraction of sp³-hybridized carbons (Fsp3) is 0.300. The quantitative estimate of drug-likeness (QED) is 0.560. The number of rotatable bonds is 6. The maximum atomic E-state index is 13.8. The van der Waals surface area contributed by atoms with Crippen molar-refractivity contribution in [2.45, 2.75) is 38.0 Å². The maximum absolute atomic E-state index is 13.8. The van der Waals surface area contributed by atoms with E-state index in [1.165, 1.54) is 23.9 Å². The lowest BCUT2D eigenvalue weighted by atomic mass is 10.1. The van der Waals surface area contributed by atoms with Crippen molar-refractivity contribution in [3.63, 3.8) is 0 Å². The first-order valence-electron chi connectivity index (χ1n) is 8.75. The van der Waals surface area contributed by atoms with Gasteiger partial charge in [0.25, 0.3) is 11.1 Å². The fourth-order valence-corrected chi connectivity index (χ4v) is 3.61. The minimum atomic E-state index is -0.323. The smallest absolute Gasteiger partial charge is 0.277 e. The van der Waals surface area contributed by atoms with Gasteiger partial charge in [-0.3, -0.25) is 0 Å². The Bertz CT molecular complexity index is 992. The second kappa shape index (κ2) is 8.20. The van der Waals surface area contributed by atoms with Gasteiger partial charge in [-0.05, 0) is 43.2 Å². The van der Waals surface area contributed by atoms with Crippen LogP contribution in [0, 0.1) is 19.7 Å². The molecule has 6 nitrogen and oxygen atoms in total. The molecule has 0 aliphatic carbocycles. The van der Waals surface area contributed by atoms with Crippen molar-refractivity contribution in [3.8, 4) is 11.5 Å². The minimum absolute atomic E-state index is 0.163. The van der Waals surface area contributed by atoms with Crippen LogP contribution in [0.25, 0.3) is 0 Å². The molecule has 1 aromatic heterocycles. The summed E-state index contributed by atoms with van der Waals surface area (Å²) >= 11 is 1.32. The highest BCUT2D eigenvalue weighted by Gasteiger charge is 2.18. The van der Waals surface area contributed by atoms with E-state index in [1.54, 1.807) is 0 Å². The molecule has 3 aromatic rings. The molecule has 0 saturated carbocycles. The molecular formula is C20H19FN2O4S. The van der Waals surface area contributed by atoms with Gasteiger partial charge in [0, 0.05) is 16.9 Å². The number of hydrogen-bond donors (Lipinski definition) is 0. The van der Waals surface area contributed by atoms with Gasteiger partial charge in [0.05, 0.1) is 6.61 Å². The van der Waals surface area contributed by atoms with Crippen LogP contribution >= 0.6 is 11.8 Å². The number of aromatic nitrogens is 2. The monoisotopic (exact) mass is 402 g/mol. The van der Waals surface area contributed by atoms with Crippen molar-refractivity contribution < 1.29 is 23.0 Å². The molecule has 0 atom stereocenters. The first-order valence-corrected chi connectivity index (χ1v) is 9.74. The molecule has 146 valence electrons. The largest absolute Gasteiger partial charge is 0.484 e. The van der Waals surface area contributed by atoms with Crippen molar-refractivity contribution in [2.24, 2.45) is 0 Å². The van der Waals surface area contributed by atoms with Crippen LogP contribution in [0.4, 0.5) is 4.39 Å². The van der Waals surface area contributed by atoms with Crippen LogP contribution in [-0.2, 0) is 23.7 Å². The Morgan fingerprint density at radius 2 is 2.07 bits per heavy atom. The van der Waals surface area contributed by atoms with Gasteiger partial charge in [0.15, 0.2) is 13.4 Å². The standard InChI is InChI=1S/C20H19FN2O4S/c1-12-3-4-13(2)17(5-12)25-9-18-22-23-20(27-18)28-10-15-7-16(21)6-14-8-24-11-26-19(14)15/h3-7H,8-11H2,1-2H3. The van der Waals surface area contributed by atoms with E-state index in [1.807, 2.05) is 32.0 Å². The fourth-order valence-electron chi connectivity index (χ4n) is 2.86. The average molecular weight is 402 g/mol. The van der Waals surface area contributed by atoms with E-state index in [-0.39, 0.29) is 19.2 Å². The molecule has 1 aliphatic rings. The van der Waals surface area contributed by atoms with E-state index in [2.05, 4.69) is 10.2 Å². The molecule has 0 radical (unpaired) electrons. The zero-order valence-corrected chi connectivity index (χ0v) is 16.3. The number of nitrogens with zero attached hydrogens (tertiary/aromatic N) is 2. The van der Waals surface area contributed by atoms with Gasteiger partial charge in [0.1, 0.15) is 17.3 Å². The normalized spacial score (nSPS) is 13.1. The van der Waals surface area contributed by atoms with Crippen molar-refractivity contribution in [1.29, 1.82) is 0 Å². The van der Waals surface area contributed by atoms with Crippen LogP contribution in [0.5, 0.6) is 11.5 Å². The Balaban J connectivity index is 1.39. The highest BCUT2D eigenvalue weighted by atomic mass is 32.2. The number of fused-ring (bicyclic) bond motifs is 1. The topological polar surface area (TPSA) is 66.6 Å². The molecule has 0 bridgehead atoms. The lowest BCUT2D eigenvalue weighted by Crippen LogP contribution is -2.13. The summed E-state index contributed by atoms with van der Waals surface area (Å²) in [6.07, 6.45) is 0. The van der Waals surface area contributed by atoms with E-state index in [9.17, 15) is 4.39 Å². The van der Waals surface area contributed by atoms with E-state index in [0.29, 0.717) is 34.8 Å². The lowest BCUT2D eigenvalue weighted by molar-refractivity contribution is -0.0171. The average Bonchev–Trinajstić information content (AvgIpc) is 3.14. The summed E-state index contributed by atoms with van der Waals surface area (Å²) in [6.45, 7) is 4.68. The lowest BCUT2D eigenvalue weighted by Gasteiger charge is -2.20. The Morgan fingerprint density at radius 1 is 1.18 bits per heavy atom. The van der Waals surface area contributed by atoms with Crippen LogP contribution in [0.3, 0.4) is 0 Å². The second-order valence-electron chi connectivity index (χ2n) is 6.47. The molecule has 28 heavy (non-hydrogen) atoms. The van der Waals surface area contributed by atoms with Gasteiger partial charge in [0.2, 0.25) is 0 Å². The van der Waals surface area contributed by atoms with Gasteiger partial charge in [-0.25, -0.2) is 4.39 Å². The van der Waals surface area contributed by atoms with Gasteiger partial charge >= 0.3 is 0 Å². The molecule has 0 spiro atoms. The third-order valence-electron chi connectivity index (χ3n) is 4.25. The summed E-state index contributed by atoms with van der Waals surface area (Å²) in [6, 6.07) is 8.89. The van der Waals surface area contributed by atoms with E-state index >= 15 is 0 Å². The minimum Gasteiger partial charge on any atom is -0.484 e. The van der Waals surface area contributed by atoms with Gasteiger partial charge < -0.3 is 18.6 Å². The summed E-state index contributed by atoms with van der Waals surface area (Å²) in [7, 11) is 0. The van der Waals surface area contributed by atoms with Crippen molar-refractivity contribution in [2.75, 3.05) is 6.79 Å². The van der Waals surface area contributed by atoms with Crippen LogP contribution in [0.15, 0.2) is 40.0 Å². The van der Waals surface area contributed by atoms with Crippen LogP contribution in [-0.4, -0.2) is 17.0 Å². The molecule has 0 N–H and O–H groups in total. The maximum Gasteiger partial charge on any atom is 0.277 e. The van der Waals surface area contributed by atoms with Gasteiger partial charge in [-0.1, -0.05) is 23.9 Å². The number of ether oxygens (including phenoxy) is 3. The highest BCUT2D eigenvalue weighted by Crippen LogP contribution is 2.33. The molecule has 0 unspecified atom stereocenters. The number of aryl methyl sites for hydroxylation is 2. The van der Waals surface area contributed by atoms with E-state index < -0.39 is 0 Å². The van der Waals surface area contributed by atoms with Crippen LogP contribution < -0.4 is 9.47 Å². The van der Waals surface area contributed by atoms with Crippen LogP contribution in [0.2, 0.25) is 0 Å². The van der Waals surface area contributed by atoms with Gasteiger partial charge in [-0.2, -0.15) is 0 Å². The Kier molecular flexibility index (Phi) is 5.50. The van der Waals surface area contributed by atoms with Crippen molar-refractivity contribution >= 4 is 11.8 Å². The molecule has 0 fully saturated rings. The molecule has 8 heteroatoms. The highest BCUT2D eigenvalue weighted by molar-refractivity contribution is 7.98. The van der Waals surface area contributed by atoms with Crippen molar-refractivity contribution in [3.05, 3.63) is 64.3 Å². The zero-order valence-electron chi connectivity index (χ0n) is 15.5. The first-order chi connectivity index (χ1) is 13.6. The predicted octanol–water partition coefficient (Wildman–Crippen LogP) is 4.56. The SMILES string of the molecule is Cc1ccc(C)c(OCc2nnc(SCc3cc(F)cc4c3OCOC4)o2)c1. The number of thioether (sulfide) groups is 1. The summed E-state index contributed by atoms with van der Waals surface area (Å²) in [4.78, 5) is 0. The molecule has 2 aromatic carbocycles. The van der Waals surface area contributed by atoms with Gasteiger partial charge in [-0.15, -0.1) is 10.2 Å². The molecule has 0 amide bonds. The summed E-state index contributed by atoms with van der Waals surface area (Å²) in [5, 5.41) is 8.43. The summed E-state index contributed by atoms with van der Waals surface area (Å²) in [5.74, 6) is 1.96. The third kappa shape index (κ3) is 4.28. The first kappa shape index (κ1) is 18.8. The number of halogens is 1. The van der Waals surface area contributed by atoms with E-state index in [0.717, 1.165) is 22.4 Å². The Labute approximate surface area is 166 Å². The predicted molar refractivity (Wildman–Crippen MR) is 101 cm³/mol. The summed E-state index contributed by atoms with van der Waals surface area (Å²) < 4.78 is 36.0. The Hall–Kier alpha value is -2.58. The summed E-state index contributed by atoms with van der Waals surface area (Å²) in [5.41, 5.74) is 3.60. The number of benzene rings is 2. The van der Waals surface area contributed by atoms with Crippen molar-refractivity contribution in [1.82, 2.24) is 10.2 Å². The van der Waals surface area contributed by atoms with Crippen LogP contribution in [0.1, 0.15) is 28.1 Å². The Morgan fingerprint density at radius 3 is 2.96 bits per heavy atom.